The van der Waals surface area contributed by atoms with Crippen LogP contribution in [-0.4, -0.2) is 37.9 Å². The van der Waals surface area contributed by atoms with Crippen molar-refractivity contribution in [3.05, 3.63) is 11.9 Å². The van der Waals surface area contributed by atoms with E-state index in [1.165, 1.54) is 0 Å². The number of aromatic nitrogens is 2. The molecule has 5 nitrogen and oxygen atoms in total. The Hall–Kier alpha value is -1.01. The van der Waals surface area contributed by atoms with Crippen molar-refractivity contribution >= 4 is 23.4 Å². The molecule has 0 aliphatic carbocycles. The number of unbranched alkanes of at least 4 members (excludes halogenated alkanes) is 1. The summed E-state index contributed by atoms with van der Waals surface area (Å²) >= 11 is 1.61. The van der Waals surface area contributed by atoms with Crippen molar-refractivity contribution < 1.29 is 9.90 Å². The van der Waals surface area contributed by atoms with Crippen LogP contribution < -0.4 is 5.32 Å². The molecule has 2 rings (SSSR count). The number of thioether (sulfide) groups is 1. The summed E-state index contributed by atoms with van der Waals surface area (Å²) in [6, 6.07) is 0. The maximum Gasteiger partial charge on any atom is 0.257 e. The Balaban J connectivity index is 2.03. The fourth-order valence-electron chi connectivity index (χ4n) is 2.07. The summed E-state index contributed by atoms with van der Waals surface area (Å²) in [5, 5.41) is 17.3. The number of rotatable bonds is 5. The topological polar surface area (TPSA) is 67.2 Å². The minimum atomic E-state index is -1.22. The molecule has 19 heavy (non-hydrogen) atoms. The second-order valence-electron chi connectivity index (χ2n) is 5.01. The van der Waals surface area contributed by atoms with Gasteiger partial charge in [-0.25, -0.2) is 0 Å². The second kappa shape index (κ2) is 5.96. The van der Waals surface area contributed by atoms with Crippen LogP contribution in [0.4, 0.5) is 5.69 Å². The second-order valence-corrected chi connectivity index (χ2v) is 6.11. The van der Waals surface area contributed by atoms with Crippen LogP contribution in [0.1, 0.15) is 31.9 Å². The highest BCUT2D eigenvalue weighted by Gasteiger charge is 2.39. The van der Waals surface area contributed by atoms with Crippen molar-refractivity contribution in [2.24, 2.45) is 0 Å². The summed E-state index contributed by atoms with van der Waals surface area (Å²) in [4.78, 5) is 12.1. The first-order valence-electron chi connectivity index (χ1n) is 6.71. The van der Waals surface area contributed by atoms with Gasteiger partial charge in [0.15, 0.2) is 5.60 Å². The summed E-state index contributed by atoms with van der Waals surface area (Å²) in [5.41, 5.74) is 0.422. The molecule has 0 bridgehead atoms. The third kappa shape index (κ3) is 3.12. The van der Waals surface area contributed by atoms with Crippen LogP contribution in [0.15, 0.2) is 6.20 Å². The molecule has 6 heteroatoms. The van der Waals surface area contributed by atoms with E-state index in [1.54, 1.807) is 18.0 Å². The van der Waals surface area contributed by atoms with Crippen molar-refractivity contribution in [2.75, 3.05) is 16.8 Å². The lowest BCUT2D eigenvalue weighted by molar-refractivity contribution is -0.131. The summed E-state index contributed by atoms with van der Waals surface area (Å²) in [6.07, 6.45) is 4.36. The smallest absolute Gasteiger partial charge is 0.257 e. The van der Waals surface area contributed by atoms with E-state index in [1.807, 2.05) is 11.6 Å². The molecule has 1 aliphatic rings. The van der Waals surface area contributed by atoms with Crippen molar-refractivity contribution in [2.45, 2.75) is 45.3 Å². The zero-order valence-electron chi connectivity index (χ0n) is 11.5. The number of anilines is 1. The Morgan fingerprint density at radius 3 is 3.11 bits per heavy atom. The van der Waals surface area contributed by atoms with Gasteiger partial charge in [-0.2, -0.15) is 16.9 Å². The molecule has 2 N–H and O–H groups in total. The van der Waals surface area contributed by atoms with Gasteiger partial charge in [0, 0.05) is 12.3 Å². The Morgan fingerprint density at radius 2 is 2.47 bits per heavy atom. The molecule has 106 valence electrons. The largest absolute Gasteiger partial charge is 0.379 e. The van der Waals surface area contributed by atoms with Gasteiger partial charge < -0.3 is 10.4 Å². The highest BCUT2D eigenvalue weighted by atomic mass is 32.2. The van der Waals surface area contributed by atoms with Crippen LogP contribution in [0.5, 0.6) is 0 Å². The maximum atomic E-state index is 12.1. The van der Waals surface area contributed by atoms with E-state index in [4.69, 9.17) is 0 Å². The quantitative estimate of drug-likeness (QED) is 0.864. The molecule has 1 aliphatic heterocycles. The fourth-order valence-corrected chi connectivity index (χ4v) is 3.31. The molecule has 1 aromatic heterocycles. The molecule has 0 spiro atoms. The zero-order valence-corrected chi connectivity index (χ0v) is 12.3. The molecule has 0 radical (unpaired) electrons. The van der Waals surface area contributed by atoms with E-state index >= 15 is 0 Å². The SMILES string of the molecule is CCCCn1ncc(NC(=O)C2(O)CCSC2)c1C. The van der Waals surface area contributed by atoms with Gasteiger partial charge in [-0.3, -0.25) is 9.48 Å². The van der Waals surface area contributed by atoms with Crippen LogP contribution in [-0.2, 0) is 11.3 Å². The zero-order chi connectivity index (χ0) is 13.9. The van der Waals surface area contributed by atoms with Gasteiger partial charge in [-0.15, -0.1) is 0 Å². The highest BCUT2D eigenvalue weighted by molar-refractivity contribution is 7.99. The lowest BCUT2D eigenvalue weighted by Gasteiger charge is -2.19. The number of hydrogen-bond donors (Lipinski definition) is 2. The predicted molar refractivity (Wildman–Crippen MR) is 77.4 cm³/mol. The number of carbonyl (C=O) groups is 1. The number of hydrogen-bond acceptors (Lipinski definition) is 4. The first-order chi connectivity index (χ1) is 9.07. The molecule has 1 atom stereocenters. The first kappa shape index (κ1) is 14.4. The molecule has 2 heterocycles. The number of aryl methyl sites for hydroxylation is 1. The van der Waals surface area contributed by atoms with Gasteiger partial charge in [-0.05, 0) is 25.5 Å². The van der Waals surface area contributed by atoms with Gasteiger partial charge in [0.25, 0.3) is 5.91 Å². The lowest BCUT2D eigenvalue weighted by Crippen LogP contribution is -2.42. The number of nitrogens with one attached hydrogen (secondary N) is 1. The van der Waals surface area contributed by atoms with Gasteiger partial charge in [0.2, 0.25) is 0 Å². The van der Waals surface area contributed by atoms with Gasteiger partial charge in [0.05, 0.1) is 17.6 Å². The third-order valence-electron chi connectivity index (χ3n) is 3.50. The molecule has 1 fully saturated rings. The monoisotopic (exact) mass is 283 g/mol. The van der Waals surface area contributed by atoms with Gasteiger partial charge in [-0.1, -0.05) is 13.3 Å². The Morgan fingerprint density at radius 1 is 1.68 bits per heavy atom. The Kier molecular flexibility index (Phi) is 4.52. The van der Waals surface area contributed by atoms with Crippen LogP contribution >= 0.6 is 11.8 Å². The van der Waals surface area contributed by atoms with Crippen molar-refractivity contribution in [3.8, 4) is 0 Å². The molecule has 1 amide bonds. The lowest BCUT2D eigenvalue weighted by atomic mass is 10.0. The van der Waals surface area contributed by atoms with Crippen molar-refractivity contribution in [1.29, 1.82) is 0 Å². The van der Waals surface area contributed by atoms with Crippen molar-refractivity contribution in [1.82, 2.24) is 9.78 Å². The molecule has 1 aromatic rings. The van der Waals surface area contributed by atoms with E-state index in [2.05, 4.69) is 17.3 Å². The molecule has 0 aromatic carbocycles. The standard InChI is InChI=1S/C13H21N3O2S/c1-3-4-6-16-10(2)11(8-14-16)15-12(17)13(18)5-7-19-9-13/h8,18H,3-7,9H2,1-2H3,(H,15,17). The number of amides is 1. The predicted octanol–water partition coefficient (Wildman–Crippen LogP) is 1.80. The number of nitrogens with zero attached hydrogens (tertiary/aromatic N) is 2. The summed E-state index contributed by atoms with van der Waals surface area (Å²) < 4.78 is 1.90. The van der Waals surface area contributed by atoms with Gasteiger partial charge in [0.1, 0.15) is 0 Å². The summed E-state index contributed by atoms with van der Waals surface area (Å²) in [7, 11) is 0. The highest BCUT2D eigenvalue weighted by Crippen LogP contribution is 2.29. The van der Waals surface area contributed by atoms with Crippen LogP contribution in [0.25, 0.3) is 0 Å². The Labute approximate surface area is 117 Å². The normalized spacial score (nSPS) is 22.7. The molecular weight excluding hydrogens is 262 g/mol. The van der Waals surface area contributed by atoms with E-state index in [9.17, 15) is 9.90 Å². The number of aliphatic hydroxyl groups is 1. The van der Waals surface area contributed by atoms with E-state index in [0.717, 1.165) is 30.8 Å². The number of carbonyl (C=O) groups excluding carboxylic acids is 1. The van der Waals surface area contributed by atoms with Crippen molar-refractivity contribution in [3.63, 3.8) is 0 Å². The van der Waals surface area contributed by atoms with Crippen LogP contribution in [0.3, 0.4) is 0 Å². The summed E-state index contributed by atoms with van der Waals surface area (Å²) in [6.45, 7) is 4.93. The van der Waals surface area contributed by atoms with E-state index in [0.29, 0.717) is 17.9 Å². The average Bonchev–Trinajstić information content (AvgIpc) is 2.97. The molecule has 1 unspecified atom stereocenters. The van der Waals surface area contributed by atoms with Crippen LogP contribution in [0, 0.1) is 6.92 Å². The maximum absolute atomic E-state index is 12.1. The average molecular weight is 283 g/mol. The minimum Gasteiger partial charge on any atom is -0.379 e. The fraction of sp³-hybridized carbons (Fsp3) is 0.692. The van der Waals surface area contributed by atoms with Gasteiger partial charge >= 0.3 is 0 Å². The van der Waals surface area contributed by atoms with E-state index < -0.39 is 5.60 Å². The van der Waals surface area contributed by atoms with E-state index in [-0.39, 0.29) is 5.91 Å². The molecular formula is C13H21N3O2S. The Bertz CT molecular complexity index is 453. The minimum absolute atomic E-state index is 0.310. The third-order valence-corrected chi connectivity index (χ3v) is 4.67. The molecule has 1 saturated heterocycles. The molecule has 0 saturated carbocycles. The summed E-state index contributed by atoms with van der Waals surface area (Å²) in [5.74, 6) is 0.996. The first-order valence-corrected chi connectivity index (χ1v) is 7.86. The van der Waals surface area contributed by atoms with Crippen LogP contribution in [0.2, 0.25) is 0 Å².